The first-order chi connectivity index (χ1) is 18.0. The molecule has 0 unspecified atom stereocenters. The minimum Gasteiger partial charge on any atom is -0.463 e. The average molecular weight is 565 g/mol. The zero-order valence-electron chi connectivity index (χ0n) is 21.8. The molecule has 204 valence electrons. The van der Waals surface area contributed by atoms with E-state index in [1.54, 1.807) is 47.7 Å². The van der Waals surface area contributed by atoms with Gasteiger partial charge in [0.05, 0.1) is 18.7 Å². The fraction of sp³-hybridized carbons (Fsp3) is 0.481. The van der Waals surface area contributed by atoms with Gasteiger partial charge in [0.15, 0.2) is 10.8 Å². The Morgan fingerprint density at radius 2 is 2.03 bits per heavy atom. The van der Waals surface area contributed by atoms with Crippen molar-refractivity contribution in [1.29, 1.82) is 0 Å². The summed E-state index contributed by atoms with van der Waals surface area (Å²) in [7, 11) is 0. The molecular weight excluding hydrogens is 534 g/mol. The molecule has 4 rings (SSSR count). The van der Waals surface area contributed by atoms with E-state index in [9.17, 15) is 9.59 Å². The molecule has 1 aromatic heterocycles. The van der Waals surface area contributed by atoms with Crippen molar-refractivity contribution in [3.63, 3.8) is 0 Å². The minimum atomic E-state index is -3.00. The average Bonchev–Trinajstić information content (AvgIpc) is 3.43. The highest BCUT2D eigenvalue weighted by atomic mass is 35.5. The van der Waals surface area contributed by atoms with E-state index in [0.29, 0.717) is 27.1 Å². The molecular formula is C27H31ClF2N4O3S. The standard InChI is InChI=1S/C27H31ClF2N4O3S/c1-5-37-25(36)21-19(14-34-15-27(29,30)26(3,4)20(34)11-10-16(2)35)32-23(24-31-12-13-38-24)33-22(21)17-8-6-7-9-18(17)28/h6-9,12-13,20,22H,5,10-11,14-15H2,1-4H3,(H,32,33)/t20-,22-/m0/s1. The van der Waals surface area contributed by atoms with Crippen molar-refractivity contribution >= 4 is 40.5 Å². The van der Waals surface area contributed by atoms with Crippen LogP contribution in [0.4, 0.5) is 8.78 Å². The van der Waals surface area contributed by atoms with Crippen LogP contribution in [0, 0.1) is 5.41 Å². The molecule has 7 nitrogen and oxygen atoms in total. The lowest BCUT2D eigenvalue weighted by Crippen LogP contribution is -2.44. The third kappa shape index (κ3) is 5.53. The number of hydrogen-bond donors (Lipinski definition) is 1. The van der Waals surface area contributed by atoms with E-state index in [1.165, 1.54) is 32.1 Å². The van der Waals surface area contributed by atoms with Gasteiger partial charge in [-0.15, -0.1) is 11.3 Å². The van der Waals surface area contributed by atoms with Gasteiger partial charge in [-0.2, -0.15) is 0 Å². The summed E-state index contributed by atoms with van der Waals surface area (Å²) in [6.07, 6.45) is 2.10. The third-order valence-corrected chi connectivity index (χ3v) is 8.33. The number of amidine groups is 1. The number of alkyl halides is 2. The summed E-state index contributed by atoms with van der Waals surface area (Å²) in [6, 6.07) is 5.64. The number of Topliss-reactive ketones (excluding diaryl/α,β-unsaturated/α-hetero) is 1. The lowest BCUT2D eigenvalue weighted by Gasteiger charge is -2.35. The Hall–Kier alpha value is -2.69. The molecule has 0 aliphatic carbocycles. The second-order valence-corrected chi connectivity index (χ2v) is 11.4. The highest BCUT2D eigenvalue weighted by Crippen LogP contribution is 2.49. The largest absolute Gasteiger partial charge is 0.463 e. The molecule has 1 saturated heterocycles. The summed E-state index contributed by atoms with van der Waals surface area (Å²) in [5, 5.41) is 6.01. The number of thiazole rings is 1. The van der Waals surface area contributed by atoms with Crippen LogP contribution in [0.15, 0.2) is 52.1 Å². The first-order valence-electron chi connectivity index (χ1n) is 12.5. The summed E-state index contributed by atoms with van der Waals surface area (Å²) < 4.78 is 35.9. The fourth-order valence-corrected chi connectivity index (χ4v) is 5.89. The van der Waals surface area contributed by atoms with Gasteiger partial charge in [0.1, 0.15) is 11.8 Å². The molecule has 11 heteroatoms. The van der Waals surface area contributed by atoms with Gasteiger partial charge >= 0.3 is 5.97 Å². The van der Waals surface area contributed by atoms with E-state index in [0.717, 1.165) is 0 Å². The molecule has 1 N–H and O–H groups in total. The fourth-order valence-electron chi connectivity index (χ4n) is 5.06. The number of esters is 1. The molecule has 2 aromatic rings. The number of ether oxygens (including phenoxy) is 1. The smallest absolute Gasteiger partial charge is 0.338 e. The summed E-state index contributed by atoms with van der Waals surface area (Å²) in [5.74, 6) is -3.25. The number of ketones is 1. The van der Waals surface area contributed by atoms with Gasteiger partial charge in [0.25, 0.3) is 5.92 Å². The summed E-state index contributed by atoms with van der Waals surface area (Å²) in [5.41, 5.74) is -0.185. The number of likely N-dealkylation sites (tertiary alicyclic amines) is 1. The minimum absolute atomic E-state index is 0.00108. The maximum atomic E-state index is 15.3. The summed E-state index contributed by atoms with van der Waals surface area (Å²) in [6.45, 7) is 5.84. The Labute approximate surface area is 229 Å². The number of aliphatic imine (C=N–C) groups is 1. The first-order valence-corrected chi connectivity index (χ1v) is 13.7. The maximum Gasteiger partial charge on any atom is 0.338 e. The van der Waals surface area contributed by atoms with E-state index >= 15 is 8.78 Å². The molecule has 0 saturated carbocycles. The SMILES string of the molecule is CCOC(=O)C1=C(CN2CC(F)(F)C(C)(C)[C@@H]2CCC(C)=O)NC(c2nccs2)=N[C@H]1c1ccccc1Cl. The van der Waals surface area contributed by atoms with Gasteiger partial charge in [0, 0.05) is 52.3 Å². The monoisotopic (exact) mass is 564 g/mol. The zero-order valence-corrected chi connectivity index (χ0v) is 23.3. The number of rotatable bonds is 9. The lowest BCUT2D eigenvalue weighted by atomic mass is 9.79. The Bertz CT molecular complexity index is 1260. The van der Waals surface area contributed by atoms with Crippen molar-refractivity contribution in [2.45, 2.75) is 58.5 Å². The number of benzene rings is 1. The van der Waals surface area contributed by atoms with Crippen LogP contribution in [0.2, 0.25) is 5.02 Å². The lowest BCUT2D eigenvalue weighted by molar-refractivity contribution is -0.139. The Morgan fingerprint density at radius 1 is 1.29 bits per heavy atom. The zero-order chi connectivity index (χ0) is 27.7. The molecule has 2 atom stereocenters. The van der Waals surface area contributed by atoms with Crippen molar-refractivity contribution in [2.24, 2.45) is 10.4 Å². The topological polar surface area (TPSA) is 83.9 Å². The first kappa shape index (κ1) is 28.3. The van der Waals surface area contributed by atoms with Crippen LogP contribution >= 0.6 is 22.9 Å². The number of carbonyl (C=O) groups excluding carboxylic acids is 2. The highest BCUT2D eigenvalue weighted by Gasteiger charge is 2.60. The van der Waals surface area contributed by atoms with E-state index in [-0.39, 0.29) is 37.3 Å². The second-order valence-electron chi connectivity index (χ2n) is 10.1. The van der Waals surface area contributed by atoms with Crippen LogP contribution in [0.1, 0.15) is 57.1 Å². The molecule has 0 amide bonds. The van der Waals surface area contributed by atoms with Crippen LogP contribution in [-0.2, 0) is 14.3 Å². The van der Waals surface area contributed by atoms with Gasteiger partial charge in [-0.05, 0) is 26.3 Å². The number of halogens is 3. The highest BCUT2D eigenvalue weighted by molar-refractivity contribution is 7.11. The third-order valence-electron chi connectivity index (χ3n) is 7.21. The van der Waals surface area contributed by atoms with Crippen LogP contribution in [0.25, 0.3) is 0 Å². The van der Waals surface area contributed by atoms with E-state index in [1.807, 2.05) is 0 Å². The van der Waals surface area contributed by atoms with Crippen LogP contribution in [0.3, 0.4) is 0 Å². The molecule has 3 heterocycles. The second kappa shape index (κ2) is 11.2. The van der Waals surface area contributed by atoms with Crippen LogP contribution < -0.4 is 5.32 Å². The molecule has 2 aliphatic heterocycles. The van der Waals surface area contributed by atoms with Crippen molar-refractivity contribution in [2.75, 3.05) is 19.7 Å². The van der Waals surface area contributed by atoms with Gasteiger partial charge in [0.2, 0.25) is 0 Å². The predicted molar refractivity (Wildman–Crippen MR) is 144 cm³/mol. The number of hydrogen-bond acceptors (Lipinski definition) is 8. The van der Waals surface area contributed by atoms with Gasteiger partial charge in [-0.25, -0.2) is 18.6 Å². The van der Waals surface area contributed by atoms with Crippen LogP contribution in [-0.4, -0.2) is 59.1 Å². The molecule has 2 aliphatic rings. The molecule has 38 heavy (non-hydrogen) atoms. The summed E-state index contributed by atoms with van der Waals surface area (Å²) >= 11 is 7.90. The van der Waals surface area contributed by atoms with Crippen molar-refractivity contribution in [3.05, 3.63) is 62.7 Å². The number of aromatic nitrogens is 1. The number of carbonyl (C=O) groups is 2. The van der Waals surface area contributed by atoms with Crippen molar-refractivity contribution < 1.29 is 23.1 Å². The molecule has 1 fully saturated rings. The molecule has 0 bridgehead atoms. The summed E-state index contributed by atoms with van der Waals surface area (Å²) in [4.78, 5) is 35.9. The van der Waals surface area contributed by atoms with Gasteiger partial charge in [-0.1, -0.05) is 43.6 Å². The van der Waals surface area contributed by atoms with E-state index in [2.05, 4.69) is 10.3 Å². The quantitative estimate of drug-likeness (QED) is 0.410. The number of nitrogens with zero attached hydrogens (tertiary/aromatic N) is 3. The normalized spacial score (nSPS) is 22.7. The van der Waals surface area contributed by atoms with E-state index < -0.39 is 35.9 Å². The molecule has 0 radical (unpaired) electrons. The Balaban J connectivity index is 1.82. The van der Waals surface area contributed by atoms with Gasteiger partial charge < -0.3 is 14.8 Å². The molecule has 1 aromatic carbocycles. The molecule has 0 spiro atoms. The Kier molecular flexibility index (Phi) is 8.34. The van der Waals surface area contributed by atoms with Crippen molar-refractivity contribution in [1.82, 2.24) is 15.2 Å². The van der Waals surface area contributed by atoms with Crippen molar-refractivity contribution in [3.8, 4) is 0 Å². The Morgan fingerprint density at radius 3 is 2.66 bits per heavy atom. The predicted octanol–water partition coefficient (Wildman–Crippen LogP) is 5.42. The van der Waals surface area contributed by atoms with E-state index in [4.69, 9.17) is 21.3 Å². The van der Waals surface area contributed by atoms with Gasteiger partial charge in [-0.3, -0.25) is 9.89 Å². The maximum absolute atomic E-state index is 15.3. The van der Waals surface area contributed by atoms with Crippen LogP contribution in [0.5, 0.6) is 0 Å². The number of nitrogens with one attached hydrogen (secondary N) is 1.